The number of pyridine rings is 1. The molecule has 70 valence electrons. The SMILES string of the molecule is NC(=S)n1ccc2ncncc2c1=O. The largest absolute Gasteiger partial charge is 0.376 e. The Hall–Kier alpha value is -1.82. The van der Waals surface area contributed by atoms with Gasteiger partial charge in [-0.05, 0) is 18.3 Å². The van der Waals surface area contributed by atoms with E-state index in [4.69, 9.17) is 18.0 Å². The molecular weight excluding hydrogens is 200 g/mol. The summed E-state index contributed by atoms with van der Waals surface area (Å²) in [4.78, 5) is 19.4. The Bertz CT molecular complexity index is 563. The molecule has 2 rings (SSSR count). The highest BCUT2D eigenvalue weighted by Gasteiger charge is 2.04. The highest BCUT2D eigenvalue weighted by molar-refractivity contribution is 7.80. The molecule has 5 nitrogen and oxygen atoms in total. The molecule has 0 amide bonds. The summed E-state index contributed by atoms with van der Waals surface area (Å²) < 4.78 is 1.18. The highest BCUT2D eigenvalue weighted by Crippen LogP contribution is 2.01. The second-order valence-electron chi connectivity index (χ2n) is 2.65. The Balaban J connectivity index is 2.89. The van der Waals surface area contributed by atoms with Gasteiger partial charge < -0.3 is 5.73 Å². The monoisotopic (exact) mass is 206 g/mol. The molecule has 14 heavy (non-hydrogen) atoms. The van der Waals surface area contributed by atoms with Crippen molar-refractivity contribution in [2.45, 2.75) is 0 Å². The van der Waals surface area contributed by atoms with Crippen LogP contribution in [0, 0.1) is 0 Å². The first-order chi connectivity index (χ1) is 6.70. The molecule has 0 aromatic carbocycles. The fourth-order valence-electron chi connectivity index (χ4n) is 1.15. The summed E-state index contributed by atoms with van der Waals surface area (Å²) in [5, 5.41) is 0.420. The fraction of sp³-hybridized carbons (Fsp3) is 0. The maximum atomic E-state index is 11.7. The first-order valence-electron chi connectivity index (χ1n) is 3.81. The summed E-state index contributed by atoms with van der Waals surface area (Å²) in [5.74, 6) is 0. The van der Waals surface area contributed by atoms with Crippen molar-refractivity contribution in [3.8, 4) is 0 Å². The van der Waals surface area contributed by atoms with Gasteiger partial charge in [0.05, 0.1) is 10.9 Å². The van der Waals surface area contributed by atoms with Crippen molar-refractivity contribution in [2.24, 2.45) is 5.73 Å². The van der Waals surface area contributed by atoms with E-state index in [9.17, 15) is 4.79 Å². The summed E-state index contributed by atoms with van der Waals surface area (Å²) in [6.07, 6.45) is 4.33. The quantitative estimate of drug-likeness (QED) is 0.608. The van der Waals surface area contributed by atoms with Crippen LogP contribution in [-0.2, 0) is 0 Å². The van der Waals surface area contributed by atoms with Crippen molar-refractivity contribution >= 4 is 28.2 Å². The molecule has 0 aliphatic heterocycles. The number of nitrogens with zero attached hydrogens (tertiary/aromatic N) is 3. The third-order valence-electron chi connectivity index (χ3n) is 1.81. The predicted molar refractivity (Wildman–Crippen MR) is 56.0 cm³/mol. The standard InChI is InChI=1S/C8H6N4OS/c9-8(14)12-2-1-6-5(7(12)13)3-10-4-11-6/h1-4H,(H2,9,14). The fourth-order valence-corrected chi connectivity index (χ4v) is 1.30. The number of nitrogens with two attached hydrogens (primary N) is 1. The molecule has 2 N–H and O–H groups in total. The van der Waals surface area contributed by atoms with Gasteiger partial charge >= 0.3 is 0 Å². The van der Waals surface area contributed by atoms with Gasteiger partial charge in [0.2, 0.25) is 0 Å². The molecule has 0 saturated carbocycles. The van der Waals surface area contributed by atoms with Crippen LogP contribution in [0.3, 0.4) is 0 Å². The zero-order valence-electron chi connectivity index (χ0n) is 7.04. The van der Waals surface area contributed by atoms with Gasteiger partial charge in [0.1, 0.15) is 6.33 Å². The highest BCUT2D eigenvalue weighted by atomic mass is 32.1. The topological polar surface area (TPSA) is 73.8 Å². The van der Waals surface area contributed by atoms with E-state index in [0.29, 0.717) is 10.9 Å². The maximum absolute atomic E-state index is 11.7. The van der Waals surface area contributed by atoms with Crippen LogP contribution in [0.1, 0.15) is 0 Å². The van der Waals surface area contributed by atoms with Crippen LogP contribution in [0.4, 0.5) is 0 Å². The molecule has 0 bridgehead atoms. The molecule has 2 heterocycles. The Kier molecular flexibility index (Phi) is 1.97. The lowest BCUT2D eigenvalue weighted by atomic mass is 10.3. The van der Waals surface area contributed by atoms with Crippen molar-refractivity contribution in [3.05, 3.63) is 35.1 Å². The van der Waals surface area contributed by atoms with Gasteiger partial charge in [0.15, 0.2) is 5.11 Å². The molecule has 2 aromatic heterocycles. The van der Waals surface area contributed by atoms with Crippen LogP contribution >= 0.6 is 12.2 Å². The second kappa shape index (κ2) is 3.15. The predicted octanol–water partition coefficient (Wildman–Crippen LogP) is -0.117. The smallest absolute Gasteiger partial charge is 0.267 e. The first kappa shape index (κ1) is 8.76. The van der Waals surface area contributed by atoms with Crippen LogP contribution in [-0.4, -0.2) is 19.6 Å². The van der Waals surface area contributed by atoms with Crippen molar-refractivity contribution in [1.82, 2.24) is 14.5 Å². The lowest BCUT2D eigenvalue weighted by Gasteiger charge is -2.02. The molecule has 0 aliphatic rings. The summed E-state index contributed by atoms with van der Waals surface area (Å²) in [6, 6.07) is 1.66. The van der Waals surface area contributed by atoms with Crippen molar-refractivity contribution in [2.75, 3.05) is 0 Å². The van der Waals surface area contributed by atoms with Gasteiger partial charge in [-0.1, -0.05) is 0 Å². The number of hydrogen-bond acceptors (Lipinski definition) is 4. The average molecular weight is 206 g/mol. The number of rotatable bonds is 0. The Morgan fingerprint density at radius 3 is 3.07 bits per heavy atom. The van der Waals surface area contributed by atoms with E-state index < -0.39 is 0 Å². The summed E-state index contributed by atoms with van der Waals surface area (Å²) >= 11 is 4.71. The molecule has 0 radical (unpaired) electrons. The molecule has 2 aromatic rings. The molecule has 0 aliphatic carbocycles. The van der Waals surface area contributed by atoms with Crippen LogP contribution in [0.15, 0.2) is 29.6 Å². The molecule has 0 spiro atoms. The number of thiocarbonyl (C=S) groups is 1. The van der Waals surface area contributed by atoms with Gasteiger partial charge in [-0.25, -0.2) is 9.97 Å². The Morgan fingerprint density at radius 2 is 2.36 bits per heavy atom. The summed E-state index contributed by atoms with van der Waals surface area (Å²) in [5.41, 5.74) is 5.64. The first-order valence-corrected chi connectivity index (χ1v) is 4.22. The van der Waals surface area contributed by atoms with Gasteiger partial charge in [0.25, 0.3) is 5.56 Å². The van der Waals surface area contributed by atoms with E-state index in [1.807, 2.05) is 0 Å². The lowest BCUT2D eigenvalue weighted by molar-refractivity contribution is 1.07. The minimum Gasteiger partial charge on any atom is -0.376 e. The third-order valence-corrected chi connectivity index (χ3v) is 2.01. The maximum Gasteiger partial charge on any atom is 0.267 e. The number of fused-ring (bicyclic) bond motifs is 1. The zero-order valence-corrected chi connectivity index (χ0v) is 7.86. The van der Waals surface area contributed by atoms with Gasteiger partial charge in [0, 0.05) is 12.4 Å². The van der Waals surface area contributed by atoms with Gasteiger partial charge in [-0.3, -0.25) is 9.36 Å². The van der Waals surface area contributed by atoms with Crippen molar-refractivity contribution < 1.29 is 0 Å². The average Bonchev–Trinajstić information content (AvgIpc) is 2.18. The van der Waals surface area contributed by atoms with E-state index in [-0.39, 0.29) is 10.7 Å². The molecule has 0 atom stereocenters. The molecular formula is C8H6N4OS. The summed E-state index contributed by atoms with van der Waals surface area (Å²) in [7, 11) is 0. The van der Waals surface area contributed by atoms with E-state index in [1.165, 1.54) is 23.3 Å². The zero-order chi connectivity index (χ0) is 10.1. The molecule has 0 unspecified atom stereocenters. The van der Waals surface area contributed by atoms with Crippen LogP contribution in [0.5, 0.6) is 0 Å². The lowest BCUT2D eigenvalue weighted by Crippen LogP contribution is -2.30. The second-order valence-corrected chi connectivity index (χ2v) is 3.07. The van der Waals surface area contributed by atoms with E-state index in [1.54, 1.807) is 6.07 Å². The van der Waals surface area contributed by atoms with E-state index in [0.717, 1.165) is 0 Å². The van der Waals surface area contributed by atoms with Crippen LogP contribution in [0.2, 0.25) is 0 Å². The van der Waals surface area contributed by atoms with E-state index >= 15 is 0 Å². The Morgan fingerprint density at radius 1 is 1.57 bits per heavy atom. The minimum atomic E-state index is -0.296. The minimum absolute atomic E-state index is 0.0146. The normalized spacial score (nSPS) is 10.3. The van der Waals surface area contributed by atoms with Gasteiger partial charge in [-0.15, -0.1) is 0 Å². The van der Waals surface area contributed by atoms with Gasteiger partial charge in [-0.2, -0.15) is 0 Å². The number of aromatic nitrogens is 3. The molecule has 0 fully saturated rings. The van der Waals surface area contributed by atoms with Crippen molar-refractivity contribution in [3.63, 3.8) is 0 Å². The third kappa shape index (κ3) is 1.25. The van der Waals surface area contributed by atoms with Crippen LogP contribution < -0.4 is 11.3 Å². The number of hydrogen-bond donors (Lipinski definition) is 1. The summed E-state index contributed by atoms with van der Waals surface area (Å²) in [6.45, 7) is 0. The van der Waals surface area contributed by atoms with Crippen LogP contribution in [0.25, 0.3) is 10.9 Å². The Labute approximate surface area is 84.2 Å². The molecule has 6 heteroatoms. The molecule has 0 saturated heterocycles. The van der Waals surface area contributed by atoms with E-state index in [2.05, 4.69) is 9.97 Å². The van der Waals surface area contributed by atoms with Crippen molar-refractivity contribution in [1.29, 1.82) is 0 Å².